The van der Waals surface area contributed by atoms with E-state index >= 15 is 0 Å². The summed E-state index contributed by atoms with van der Waals surface area (Å²) in [5.74, 6) is -0.664. The van der Waals surface area contributed by atoms with Crippen LogP contribution in [0.25, 0.3) is 0 Å². The predicted octanol–water partition coefficient (Wildman–Crippen LogP) is 3.02. The minimum atomic E-state index is -0.511. The lowest BCUT2D eigenvalue weighted by Gasteiger charge is -2.25. The third-order valence-corrected chi connectivity index (χ3v) is 4.36. The number of nitrogens with zero attached hydrogens (tertiary/aromatic N) is 2. The van der Waals surface area contributed by atoms with Crippen molar-refractivity contribution in [3.8, 4) is 5.75 Å². The number of carbonyl (C=O) groups is 3. The van der Waals surface area contributed by atoms with E-state index in [-0.39, 0.29) is 25.6 Å². The third-order valence-electron chi connectivity index (χ3n) is 4.11. The van der Waals surface area contributed by atoms with Gasteiger partial charge in [0.05, 0.1) is 13.7 Å². The van der Waals surface area contributed by atoms with Gasteiger partial charge in [0.1, 0.15) is 18.8 Å². The molecule has 0 unspecified atom stereocenters. The fourth-order valence-electron chi connectivity index (χ4n) is 2.54. The lowest BCUT2D eigenvalue weighted by atomic mass is 10.1. The maximum Gasteiger partial charge on any atom is 0.325 e. The first-order valence-electron chi connectivity index (χ1n) is 8.96. The summed E-state index contributed by atoms with van der Waals surface area (Å²) >= 11 is 5.90. The minimum absolute atomic E-state index is 0.196. The van der Waals surface area contributed by atoms with Crippen LogP contribution >= 0.6 is 11.6 Å². The van der Waals surface area contributed by atoms with Gasteiger partial charge in [-0.3, -0.25) is 19.3 Å². The second-order valence-corrected chi connectivity index (χ2v) is 6.59. The molecule has 0 spiro atoms. The standard InChI is InChI=1S/C21H23ClN2O5/c1-4-29-20(26)14-23(2)19(25)13-24(17-9-11-18(28-3)12-10-17)21(27)15-5-7-16(22)8-6-15/h5-12H,4,13-14H2,1-3H3. The minimum Gasteiger partial charge on any atom is -0.497 e. The highest BCUT2D eigenvalue weighted by atomic mass is 35.5. The topological polar surface area (TPSA) is 76.2 Å². The van der Waals surface area contributed by atoms with Crippen molar-refractivity contribution in [3.05, 3.63) is 59.1 Å². The van der Waals surface area contributed by atoms with Crippen LogP contribution in [0.1, 0.15) is 17.3 Å². The van der Waals surface area contributed by atoms with Crippen molar-refractivity contribution in [2.24, 2.45) is 0 Å². The highest BCUT2D eigenvalue weighted by Gasteiger charge is 2.23. The Hall–Kier alpha value is -3.06. The van der Waals surface area contributed by atoms with Gasteiger partial charge >= 0.3 is 5.97 Å². The van der Waals surface area contributed by atoms with Gasteiger partial charge in [-0.1, -0.05) is 11.6 Å². The van der Waals surface area contributed by atoms with Gasteiger partial charge in [0.15, 0.2) is 0 Å². The zero-order valence-electron chi connectivity index (χ0n) is 16.6. The van der Waals surface area contributed by atoms with Gasteiger partial charge in [0.25, 0.3) is 5.91 Å². The van der Waals surface area contributed by atoms with Crippen LogP contribution in [-0.2, 0) is 14.3 Å². The molecule has 0 atom stereocenters. The van der Waals surface area contributed by atoms with E-state index in [9.17, 15) is 14.4 Å². The number of esters is 1. The molecule has 2 aromatic rings. The van der Waals surface area contributed by atoms with Gasteiger partial charge in [-0.05, 0) is 55.5 Å². The maximum absolute atomic E-state index is 13.1. The van der Waals surface area contributed by atoms with Crippen molar-refractivity contribution < 1.29 is 23.9 Å². The molecule has 2 rings (SSSR count). The van der Waals surface area contributed by atoms with Gasteiger partial charge in [0, 0.05) is 23.3 Å². The fraction of sp³-hybridized carbons (Fsp3) is 0.286. The van der Waals surface area contributed by atoms with Crippen molar-refractivity contribution in [2.45, 2.75) is 6.92 Å². The second kappa shape index (κ2) is 10.5. The molecule has 154 valence electrons. The number of amides is 2. The first kappa shape index (κ1) is 22.2. The molecule has 7 nitrogen and oxygen atoms in total. The number of hydrogen-bond acceptors (Lipinski definition) is 5. The molecule has 8 heteroatoms. The molecular weight excluding hydrogens is 396 g/mol. The Bertz CT molecular complexity index is 852. The van der Waals surface area contributed by atoms with Crippen molar-refractivity contribution >= 4 is 35.1 Å². The van der Waals surface area contributed by atoms with Crippen molar-refractivity contribution in [1.29, 1.82) is 0 Å². The van der Waals surface area contributed by atoms with Crippen molar-refractivity contribution in [1.82, 2.24) is 4.90 Å². The lowest BCUT2D eigenvalue weighted by Crippen LogP contribution is -2.43. The normalized spacial score (nSPS) is 10.2. The molecule has 0 saturated carbocycles. The highest BCUT2D eigenvalue weighted by molar-refractivity contribution is 6.30. The van der Waals surface area contributed by atoms with Crippen LogP contribution in [0, 0.1) is 0 Å². The van der Waals surface area contributed by atoms with Crippen LogP contribution in [0.15, 0.2) is 48.5 Å². The summed E-state index contributed by atoms with van der Waals surface area (Å²) in [5, 5.41) is 0.503. The molecule has 29 heavy (non-hydrogen) atoms. The molecule has 0 radical (unpaired) electrons. The zero-order chi connectivity index (χ0) is 21.4. The third kappa shape index (κ3) is 6.22. The number of carbonyl (C=O) groups excluding carboxylic acids is 3. The molecule has 0 N–H and O–H groups in total. The van der Waals surface area contributed by atoms with Crippen LogP contribution in [0.2, 0.25) is 5.02 Å². The maximum atomic E-state index is 13.1. The van der Waals surface area contributed by atoms with Crippen LogP contribution in [0.4, 0.5) is 5.69 Å². The number of rotatable bonds is 8. The summed E-state index contributed by atoms with van der Waals surface area (Å²) in [5.41, 5.74) is 0.898. The molecule has 0 heterocycles. The number of hydrogen-bond donors (Lipinski definition) is 0. The quantitative estimate of drug-likeness (QED) is 0.616. The van der Waals surface area contributed by atoms with Crippen molar-refractivity contribution in [2.75, 3.05) is 38.8 Å². The van der Waals surface area contributed by atoms with E-state index < -0.39 is 11.9 Å². The Morgan fingerprint density at radius 3 is 2.14 bits per heavy atom. The Kier molecular flexibility index (Phi) is 8.03. The second-order valence-electron chi connectivity index (χ2n) is 6.15. The van der Waals surface area contributed by atoms with Crippen LogP contribution in [0.5, 0.6) is 5.75 Å². The molecule has 0 aliphatic carbocycles. The first-order chi connectivity index (χ1) is 13.8. The fourth-order valence-corrected chi connectivity index (χ4v) is 2.66. The average molecular weight is 419 g/mol. The highest BCUT2D eigenvalue weighted by Crippen LogP contribution is 2.22. The Morgan fingerprint density at radius 1 is 0.966 bits per heavy atom. The smallest absolute Gasteiger partial charge is 0.325 e. The predicted molar refractivity (Wildman–Crippen MR) is 110 cm³/mol. The van der Waals surface area contributed by atoms with Gasteiger partial charge < -0.3 is 14.4 Å². The SMILES string of the molecule is CCOC(=O)CN(C)C(=O)CN(C(=O)c1ccc(Cl)cc1)c1ccc(OC)cc1. The van der Waals surface area contributed by atoms with Crippen LogP contribution in [0.3, 0.4) is 0 Å². The van der Waals surface area contributed by atoms with E-state index in [1.807, 2.05) is 0 Å². The molecule has 0 aromatic heterocycles. The number of anilines is 1. The molecule has 0 fully saturated rings. The summed E-state index contributed by atoms with van der Waals surface area (Å²) in [7, 11) is 3.03. The first-order valence-corrected chi connectivity index (χ1v) is 9.34. The number of ether oxygens (including phenoxy) is 2. The van der Waals surface area contributed by atoms with E-state index in [4.69, 9.17) is 21.1 Å². The average Bonchev–Trinajstić information content (AvgIpc) is 2.72. The number of methoxy groups -OCH3 is 1. The molecule has 0 aliphatic rings. The van der Waals surface area contributed by atoms with E-state index in [1.165, 1.54) is 16.8 Å². The molecule has 0 aliphatic heterocycles. The van der Waals surface area contributed by atoms with E-state index in [0.29, 0.717) is 22.0 Å². The Balaban J connectivity index is 2.26. The number of halogens is 1. The van der Waals surface area contributed by atoms with Crippen LogP contribution in [-0.4, -0.2) is 56.5 Å². The van der Waals surface area contributed by atoms with E-state index in [2.05, 4.69) is 0 Å². The van der Waals surface area contributed by atoms with E-state index in [0.717, 1.165) is 0 Å². The molecule has 0 bridgehead atoms. The van der Waals surface area contributed by atoms with Crippen LogP contribution < -0.4 is 9.64 Å². The monoisotopic (exact) mass is 418 g/mol. The van der Waals surface area contributed by atoms with Crippen molar-refractivity contribution in [3.63, 3.8) is 0 Å². The Labute approximate surface area is 174 Å². The molecular formula is C21H23ClN2O5. The van der Waals surface area contributed by atoms with Gasteiger partial charge in [-0.15, -0.1) is 0 Å². The molecule has 2 amide bonds. The summed E-state index contributed by atoms with van der Waals surface area (Å²) in [6, 6.07) is 13.2. The summed E-state index contributed by atoms with van der Waals surface area (Å²) < 4.78 is 10.0. The largest absolute Gasteiger partial charge is 0.497 e. The summed E-state index contributed by atoms with van der Waals surface area (Å²) in [4.78, 5) is 40.0. The lowest BCUT2D eigenvalue weighted by molar-refractivity contribution is -0.147. The van der Waals surface area contributed by atoms with Gasteiger partial charge in [-0.25, -0.2) is 0 Å². The van der Waals surface area contributed by atoms with E-state index in [1.54, 1.807) is 62.6 Å². The zero-order valence-corrected chi connectivity index (χ0v) is 17.3. The molecule has 2 aromatic carbocycles. The van der Waals surface area contributed by atoms with Gasteiger partial charge in [-0.2, -0.15) is 0 Å². The molecule has 0 saturated heterocycles. The Morgan fingerprint density at radius 2 is 1.59 bits per heavy atom. The number of likely N-dealkylation sites (N-methyl/N-ethyl adjacent to an activating group) is 1. The number of benzene rings is 2. The summed E-state index contributed by atoms with van der Waals surface area (Å²) in [6.07, 6.45) is 0. The van der Waals surface area contributed by atoms with Gasteiger partial charge in [0.2, 0.25) is 5.91 Å². The summed E-state index contributed by atoms with van der Waals surface area (Å²) in [6.45, 7) is 1.48.